The van der Waals surface area contributed by atoms with Crippen molar-refractivity contribution in [3.8, 4) is 0 Å². The average Bonchev–Trinajstić information content (AvgIpc) is 1.59. The molecule has 0 atom stereocenters. The van der Waals surface area contributed by atoms with Gasteiger partial charge >= 0.3 is 0 Å². The molecular weight excluding hydrogens is 131 g/mol. The summed E-state index contributed by atoms with van der Waals surface area (Å²) in [5.74, 6) is 1.72. The fourth-order valence-electron chi connectivity index (χ4n) is 0.307. The highest BCUT2D eigenvalue weighted by atomic mass is 31.2. The van der Waals surface area contributed by atoms with Crippen molar-refractivity contribution in [2.75, 3.05) is 13.3 Å². The predicted molar refractivity (Wildman–Crippen MR) is 43.4 cm³/mol. The quantitative estimate of drug-likeness (QED) is 0.430. The molecule has 52 valence electrons. The molecule has 0 aromatic carbocycles. The Morgan fingerprint density at radius 1 is 1.56 bits per heavy atom. The largest absolute Gasteiger partial charge is 0.320 e. The zero-order chi connectivity index (χ0) is 7.49. The van der Waals surface area contributed by atoms with E-state index in [1.807, 2.05) is 6.92 Å². The Balaban J connectivity index is 4.02. The van der Waals surface area contributed by atoms with Crippen molar-refractivity contribution in [2.45, 2.75) is 6.92 Å². The van der Waals surface area contributed by atoms with E-state index in [2.05, 4.69) is 6.58 Å². The zero-order valence-corrected chi connectivity index (χ0v) is 7.11. The van der Waals surface area contributed by atoms with E-state index in [1.54, 1.807) is 25.2 Å². The van der Waals surface area contributed by atoms with Crippen LogP contribution in [0, 0.1) is 0 Å². The molecule has 0 rings (SSSR count). The van der Waals surface area contributed by atoms with Crippen molar-refractivity contribution in [1.82, 2.24) is 0 Å². The second kappa shape index (κ2) is 3.03. The molecule has 0 aliphatic heterocycles. The molecule has 0 radical (unpaired) electrons. The van der Waals surface area contributed by atoms with Crippen LogP contribution in [0.4, 0.5) is 0 Å². The Morgan fingerprint density at radius 2 is 2.00 bits per heavy atom. The molecule has 0 unspecified atom stereocenters. The molecule has 0 aliphatic carbocycles. The molecule has 1 nitrogen and oxygen atoms in total. The summed E-state index contributed by atoms with van der Waals surface area (Å²) in [6.07, 6.45) is 1.79. The van der Waals surface area contributed by atoms with Crippen molar-refractivity contribution in [2.24, 2.45) is 0 Å². The summed E-state index contributed by atoms with van der Waals surface area (Å²) in [5.41, 5.74) is 0.943. The second-order valence-electron chi connectivity index (χ2n) is 2.60. The van der Waals surface area contributed by atoms with Crippen LogP contribution >= 0.6 is 7.14 Å². The van der Waals surface area contributed by atoms with E-state index in [1.165, 1.54) is 0 Å². The molecular formula is C7H13OP. The van der Waals surface area contributed by atoms with Gasteiger partial charge in [-0.2, -0.15) is 0 Å². The van der Waals surface area contributed by atoms with Gasteiger partial charge in [0.2, 0.25) is 0 Å². The summed E-state index contributed by atoms with van der Waals surface area (Å²) in [7, 11) is -1.96. The summed E-state index contributed by atoms with van der Waals surface area (Å²) < 4.78 is 11.0. The summed E-state index contributed by atoms with van der Waals surface area (Å²) in [6, 6.07) is 0. The number of hydrogen-bond donors (Lipinski definition) is 0. The van der Waals surface area contributed by atoms with Gasteiger partial charge in [-0.05, 0) is 26.1 Å². The van der Waals surface area contributed by atoms with Crippen LogP contribution in [0.5, 0.6) is 0 Å². The van der Waals surface area contributed by atoms with Gasteiger partial charge in [0.05, 0.1) is 0 Å². The zero-order valence-electron chi connectivity index (χ0n) is 6.22. The van der Waals surface area contributed by atoms with E-state index in [-0.39, 0.29) is 0 Å². The van der Waals surface area contributed by atoms with Gasteiger partial charge in [0.1, 0.15) is 7.14 Å². The Bertz CT molecular complexity index is 173. The van der Waals surface area contributed by atoms with Crippen molar-refractivity contribution in [3.63, 3.8) is 0 Å². The number of rotatable bonds is 2. The van der Waals surface area contributed by atoms with Gasteiger partial charge in [0, 0.05) is 0 Å². The maximum absolute atomic E-state index is 11.0. The highest BCUT2D eigenvalue weighted by Gasteiger charge is 1.97. The van der Waals surface area contributed by atoms with Gasteiger partial charge in [-0.15, -0.1) is 0 Å². The molecule has 0 saturated heterocycles. The van der Waals surface area contributed by atoms with Crippen LogP contribution in [-0.4, -0.2) is 13.3 Å². The molecule has 2 heteroatoms. The Morgan fingerprint density at radius 3 is 2.11 bits per heavy atom. The molecule has 0 aromatic rings. The minimum atomic E-state index is -1.96. The summed E-state index contributed by atoms with van der Waals surface area (Å²) in [4.78, 5) is 0. The van der Waals surface area contributed by atoms with Gasteiger partial charge in [-0.1, -0.05) is 18.2 Å². The van der Waals surface area contributed by atoms with Crippen LogP contribution in [-0.2, 0) is 4.57 Å². The van der Waals surface area contributed by atoms with Gasteiger partial charge in [-0.3, -0.25) is 0 Å². The minimum Gasteiger partial charge on any atom is -0.320 e. The van der Waals surface area contributed by atoms with Crippen LogP contribution in [0.3, 0.4) is 0 Å². The first-order valence-corrected chi connectivity index (χ1v) is 5.48. The van der Waals surface area contributed by atoms with Gasteiger partial charge < -0.3 is 4.57 Å². The maximum atomic E-state index is 11.0. The molecule has 0 heterocycles. The first kappa shape index (κ1) is 8.71. The van der Waals surface area contributed by atoms with E-state index in [4.69, 9.17) is 0 Å². The first-order chi connectivity index (χ1) is 3.92. The maximum Gasteiger partial charge on any atom is 0.102 e. The molecule has 0 aliphatic rings. The third-order valence-corrected chi connectivity index (χ3v) is 1.59. The molecule has 0 N–H and O–H groups in total. The Hall–Kier alpha value is -0.290. The van der Waals surface area contributed by atoms with E-state index in [0.717, 1.165) is 5.57 Å². The van der Waals surface area contributed by atoms with Crippen molar-refractivity contribution in [3.05, 3.63) is 24.0 Å². The predicted octanol–water partition coefficient (Wildman–Crippen LogP) is 2.70. The van der Waals surface area contributed by atoms with E-state index < -0.39 is 7.14 Å². The normalized spacial score (nSPS) is 12.3. The van der Waals surface area contributed by atoms with Gasteiger partial charge in [0.25, 0.3) is 0 Å². The highest BCUT2D eigenvalue weighted by Crippen LogP contribution is 2.37. The summed E-state index contributed by atoms with van der Waals surface area (Å²) in [5, 5.41) is 0. The summed E-state index contributed by atoms with van der Waals surface area (Å²) >= 11 is 0. The second-order valence-corrected chi connectivity index (χ2v) is 5.76. The lowest BCUT2D eigenvalue weighted by molar-refractivity contribution is 0.588. The topological polar surface area (TPSA) is 17.1 Å². The van der Waals surface area contributed by atoms with Crippen LogP contribution in [0.15, 0.2) is 24.0 Å². The number of hydrogen-bond acceptors (Lipinski definition) is 1. The van der Waals surface area contributed by atoms with Crippen molar-refractivity contribution in [1.29, 1.82) is 0 Å². The smallest absolute Gasteiger partial charge is 0.102 e. The van der Waals surface area contributed by atoms with Crippen LogP contribution in [0.2, 0.25) is 0 Å². The first-order valence-electron chi connectivity index (χ1n) is 2.81. The SMILES string of the molecule is C=C(C)/C=C/P(C)(C)=O. The minimum absolute atomic E-state index is 0.943. The van der Waals surface area contributed by atoms with E-state index >= 15 is 0 Å². The molecule has 0 bridgehead atoms. The van der Waals surface area contributed by atoms with Crippen LogP contribution < -0.4 is 0 Å². The van der Waals surface area contributed by atoms with E-state index in [9.17, 15) is 4.57 Å². The lowest BCUT2D eigenvalue weighted by Crippen LogP contribution is -1.66. The molecule has 0 fully saturated rings. The van der Waals surface area contributed by atoms with Crippen LogP contribution in [0.25, 0.3) is 0 Å². The monoisotopic (exact) mass is 144 g/mol. The van der Waals surface area contributed by atoms with Gasteiger partial charge in [-0.25, -0.2) is 0 Å². The van der Waals surface area contributed by atoms with Crippen LogP contribution in [0.1, 0.15) is 6.92 Å². The highest BCUT2D eigenvalue weighted by molar-refractivity contribution is 7.65. The van der Waals surface area contributed by atoms with Crippen molar-refractivity contribution < 1.29 is 4.57 Å². The van der Waals surface area contributed by atoms with Gasteiger partial charge in [0.15, 0.2) is 0 Å². The average molecular weight is 144 g/mol. The fourth-order valence-corrected chi connectivity index (χ4v) is 0.920. The van der Waals surface area contributed by atoms with Crippen molar-refractivity contribution >= 4 is 7.14 Å². The fraction of sp³-hybridized carbons (Fsp3) is 0.429. The Labute approximate surface area is 56.8 Å². The molecule has 0 saturated carbocycles. The standard InChI is InChI=1S/C7H13OP/c1-7(2)5-6-9(3,4)8/h5-6H,1H2,2-4H3/b6-5+. The molecule has 0 spiro atoms. The third kappa shape index (κ3) is 7.71. The Kier molecular flexibility index (Phi) is 2.93. The van der Waals surface area contributed by atoms with E-state index in [0.29, 0.717) is 0 Å². The lowest BCUT2D eigenvalue weighted by Gasteiger charge is -1.95. The summed E-state index contributed by atoms with van der Waals surface area (Å²) in [6.45, 7) is 8.99. The number of allylic oxidation sites excluding steroid dienone is 2. The third-order valence-electron chi connectivity index (χ3n) is 0.718. The molecule has 0 aromatic heterocycles. The lowest BCUT2D eigenvalue weighted by atomic mass is 10.4. The molecule has 9 heavy (non-hydrogen) atoms. The molecule has 0 amide bonds.